The van der Waals surface area contributed by atoms with Crippen molar-refractivity contribution in [2.24, 2.45) is 5.92 Å². The number of nitrogens with one attached hydrogen (secondary N) is 1. The molecule has 17 heavy (non-hydrogen) atoms. The molecule has 3 rings (SSSR count). The van der Waals surface area contributed by atoms with Crippen LogP contribution in [0.5, 0.6) is 0 Å². The Bertz CT molecular complexity index is 231. The van der Waals surface area contributed by atoms with E-state index in [1.807, 2.05) is 0 Å². The molecule has 1 N–H and O–H groups in total. The van der Waals surface area contributed by atoms with E-state index in [0.29, 0.717) is 0 Å². The number of hydrogen-bond donors (Lipinski definition) is 1. The summed E-state index contributed by atoms with van der Waals surface area (Å²) in [4.78, 5) is 2.79. The molecule has 1 saturated heterocycles. The van der Waals surface area contributed by atoms with Crippen LogP contribution in [0.4, 0.5) is 0 Å². The molecule has 0 bridgehead atoms. The molecule has 0 amide bonds. The summed E-state index contributed by atoms with van der Waals surface area (Å²) in [7, 11) is 0. The quantitative estimate of drug-likeness (QED) is 0.807. The van der Waals surface area contributed by atoms with Crippen molar-refractivity contribution in [3.05, 3.63) is 0 Å². The zero-order valence-electron chi connectivity index (χ0n) is 11.2. The molecule has 2 saturated carbocycles. The van der Waals surface area contributed by atoms with Crippen molar-refractivity contribution in [1.29, 1.82) is 0 Å². The first-order valence-electron chi connectivity index (χ1n) is 7.89. The maximum atomic E-state index is 3.84. The van der Waals surface area contributed by atoms with Gasteiger partial charge >= 0.3 is 0 Å². The van der Waals surface area contributed by atoms with Crippen LogP contribution < -0.4 is 5.32 Å². The number of hydrogen-bond acceptors (Lipinski definition) is 2. The Balaban J connectivity index is 1.42. The van der Waals surface area contributed by atoms with E-state index in [2.05, 4.69) is 10.2 Å². The van der Waals surface area contributed by atoms with Crippen molar-refractivity contribution in [2.45, 2.75) is 69.9 Å². The van der Waals surface area contributed by atoms with Crippen LogP contribution in [0.3, 0.4) is 0 Å². The maximum absolute atomic E-state index is 3.84. The minimum absolute atomic E-state index is 0.796. The van der Waals surface area contributed by atoms with Crippen LogP contribution in [0.2, 0.25) is 0 Å². The molecule has 1 aliphatic heterocycles. The van der Waals surface area contributed by atoms with Crippen molar-refractivity contribution in [3.8, 4) is 0 Å². The van der Waals surface area contributed by atoms with Crippen LogP contribution in [0.25, 0.3) is 0 Å². The van der Waals surface area contributed by atoms with Gasteiger partial charge in [-0.05, 0) is 57.5 Å². The monoisotopic (exact) mass is 236 g/mol. The van der Waals surface area contributed by atoms with E-state index < -0.39 is 0 Å². The number of likely N-dealkylation sites (tertiary alicyclic amines) is 1. The van der Waals surface area contributed by atoms with E-state index in [9.17, 15) is 0 Å². The second-order valence-corrected chi connectivity index (χ2v) is 6.48. The van der Waals surface area contributed by atoms with E-state index >= 15 is 0 Å². The molecule has 0 spiro atoms. The van der Waals surface area contributed by atoms with Gasteiger partial charge in [-0.25, -0.2) is 0 Å². The average Bonchev–Trinajstić information content (AvgIpc) is 2.81. The highest BCUT2D eigenvalue weighted by molar-refractivity contribution is 4.86. The highest BCUT2D eigenvalue weighted by Crippen LogP contribution is 2.27. The van der Waals surface area contributed by atoms with E-state index in [-0.39, 0.29) is 0 Å². The van der Waals surface area contributed by atoms with Crippen molar-refractivity contribution < 1.29 is 0 Å². The third-order valence-electron chi connectivity index (χ3n) is 5.21. The zero-order valence-corrected chi connectivity index (χ0v) is 11.2. The molecule has 0 aromatic heterocycles. The lowest BCUT2D eigenvalue weighted by molar-refractivity contribution is 0.133. The van der Waals surface area contributed by atoms with Gasteiger partial charge in [-0.3, -0.25) is 4.90 Å². The van der Waals surface area contributed by atoms with Crippen molar-refractivity contribution in [2.75, 3.05) is 19.6 Å². The molecular weight excluding hydrogens is 208 g/mol. The maximum Gasteiger partial charge on any atom is 0.0195 e. The third-order valence-corrected chi connectivity index (χ3v) is 5.21. The molecule has 1 atom stereocenters. The summed E-state index contributed by atoms with van der Waals surface area (Å²) in [6, 6.07) is 1.73. The summed E-state index contributed by atoms with van der Waals surface area (Å²) in [6.07, 6.45) is 13.1. The highest BCUT2D eigenvalue weighted by atomic mass is 15.2. The molecule has 98 valence electrons. The predicted molar refractivity (Wildman–Crippen MR) is 72.2 cm³/mol. The lowest BCUT2D eigenvalue weighted by Gasteiger charge is -2.38. The van der Waals surface area contributed by atoms with Crippen LogP contribution >= 0.6 is 0 Å². The molecule has 1 unspecified atom stereocenters. The van der Waals surface area contributed by atoms with Gasteiger partial charge < -0.3 is 5.32 Å². The van der Waals surface area contributed by atoms with Gasteiger partial charge in [0.25, 0.3) is 0 Å². The van der Waals surface area contributed by atoms with Crippen LogP contribution in [-0.4, -0.2) is 36.6 Å². The van der Waals surface area contributed by atoms with Crippen LogP contribution in [0, 0.1) is 5.92 Å². The highest BCUT2D eigenvalue weighted by Gasteiger charge is 2.28. The zero-order chi connectivity index (χ0) is 11.5. The molecule has 0 aromatic carbocycles. The Morgan fingerprint density at radius 1 is 0.882 bits per heavy atom. The van der Waals surface area contributed by atoms with Gasteiger partial charge in [0.1, 0.15) is 0 Å². The molecule has 2 nitrogen and oxygen atoms in total. The molecule has 3 fully saturated rings. The normalized spacial score (nSPS) is 32.8. The van der Waals surface area contributed by atoms with Gasteiger partial charge in [-0.2, -0.15) is 0 Å². The fourth-order valence-electron chi connectivity index (χ4n) is 3.80. The predicted octanol–water partition coefficient (Wildman–Crippen LogP) is 2.78. The Labute approximate surface area is 106 Å². The standard InChI is InChI=1S/C15H28N2/c1-2-9-15(8-1)17-10-4-7-14(12-17)16-11-13-5-3-6-13/h13-16H,1-12H2. The van der Waals surface area contributed by atoms with E-state index in [4.69, 9.17) is 0 Å². The first-order valence-corrected chi connectivity index (χ1v) is 7.89. The number of piperidine rings is 1. The molecule has 3 aliphatic rings. The van der Waals surface area contributed by atoms with Crippen LogP contribution in [0.15, 0.2) is 0 Å². The first kappa shape index (κ1) is 12.0. The SMILES string of the molecule is C1CC(CNC2CCCN(C3CCCC3)C2)C1. The van der Waals surface area contributed by atoms with Crippen molar-refractivity contribution in [1.82, 2.24) is 10.2 Å². The van der Waals surface area contributed by atoms with E-state index in [1.54, 1.807) is 0 Å². The smallest absolute Gasteiger partial charge is 0.0195 e. The van der Waals surface area contributed by atoms with Gasteiger partial charge in [0, 0.05) is 18.6 Å². The van der Waals surface area contributed by atoms with Crippen LogP contribution in [0.1, 0.15) is 57.8 Å². The van der Waals surface area contributed by atoms with Gasteiger partial charge in [0.15, 0.2) is 0 Å². The molecular formula is C15H28N2. The molecule has 2 aliphatic carbocycles. The fraction of sp³-hybridized carbons (Fsp3) is 1.00. The lowest BCUT2D eigenvalue weighted by atomic mass is 9.85. The summed E-state index contributed by atoms with van der Waals surface area (Å²) in [6.45, 7) is 3.99. The van der Waals surface area contributed by atoms with E-state index in [1.165, 1.54) is 77.4 Å². The largest absolute Gasteiger partial charge is 0.312 e. The Kier molecular flexibility index (Phi) is 4.02. The summed E-state index contributed by atoms with van der Waals surface area (Å²) in [5.41, 5.74) is 0. The molecule has 0 radical (unpaired) electrons. The summed E-state index contributed by atoms with van der Waals surface area (Å²) < 4.78 is 0. The molecule has 1 heterocycles. The Morgan fingerprint density at radius 3 is 2.41 bits per heavy atom. The number of nitrogens with zero attached hydrogens (tertiary/aromatic N) is 1. The van der Waals surface area contributed by atoms with E-state index in [0.717, 1.165) is 18.0 Å². The van der Waals surface area contributed by atoms with Gasteiger partial charge in [0.2, 0.25) is 0 Å². The summed E-state index contributed by atoms with van der Waals surface area (Å²) >= 11 is 0. The van der Waals surface area contributed by atoms with Crippen molar-refractivity contribution >= 4 is 0 Å². The molecule has 0 aromatic rings. The molecule has 2 heteroatoms. The first-order chi connectivity index (χ1) is 8.42. The fourth-order valence-corrected chi connectivity index (χ4v) is 3.80. The van der Waals surface area contributed by atoms with Gasteiger partial charge in [-0.1, -0.05) is 19.3 Å². The lowest BCUT2D eigenvalue weighted by Crippen LogP contribution is -2.50. The number of rotatable bonds is 4. The Morgan fingerprint density at radius 2 is 1.71 bits per heavy atom. The minimum Gasteiger partial charge on any atom is -0.312 e. The second-order valence-electron chi connectivity index (χ2n) is 6.48. The average molecular weight is 236 g/mol. The van der Waals surface area contributed by atoms with Gasteiger partial charge in [0.05, 0.1) is 0 Å². The summed E-state index contributed by atoms with van der Waals surface area (Å²) in [5.74, 6) is 1.01. The topological polar surface area (TPSA) is 15.3 Å². The van der Waals surface area contributed by atoms with Crippen molar-refractivity contribution in [3.63, 3.8) is 0 Å². The third kappa shape index (κ3) is 3.03. The second kappa shape index (κ2) is 5.71. The van der Waals surface area contributed by atoms with Gasteiger partial charge in [-0.15, -0.1) is 0 Å². The van der Waals surface area contributed by atoms with Crippen LogP contribution in [-0.2, 0) is 0 Å². The minimum atomic E-state index is 0.796. The summed E-state index contributed by atoms with van der Waals surface area (Å²) in [5, 5.41) is 3.84. The Hall–Kier alpha value is -0.0800.